The number of hydrogen-bond donors (Lipinski definition) is 1. The predicted molar refractivity (Wildman–Crippen MR) is 83.8 cm³/mol. The number of benzene rings is 2. The standard InChI is InChI=1S/C17H17N3/c1-20(2)17-18-15(13-9-5-3-6-10-13)16(19-17)14-11-7-4-8-12-14/h3-12H,1-2H3,(H,18,19). The molecule has 2 aromatic carbocycles. The smallest absolute Gasteiger partial charge is 0.203 e. The number of nitrogens with one attached hydrogen (secondary N) is 1. The molecule has 3 aromatic rings. The molecule has 0 aliphatic rings. The van der Waals surface area contributed by atoms with Gasteiger partial charge >= 0.3 is 0 Å². The van der Waals surface area contributed by atoms with Crippen molar-refractivity contribution in [2.24, 2.45) is 0 Å². The summed E-state index contributed by atoms with van der Waals surface area (Å²) in [6.07, 6.45) is 0. The molecule has 0 aliphatic carbocycles. The molecule has 1 heterocycles. The fourth-order valence-corrected chi connectivity index (χ4v) is 2.19. The van der Waals surface area contributed by atoms with E-state index < -0.39 is 0 Å². The van der Waals surface area contributed by atoms with Gasteiger partial charge in [0.1, 0.15) is 0 Å². The number of aromatic amines is 1. The first-order chi connectivity index (χ1) is 9.75. The van der Waals surface area contributed by atoms with E-state index in [0.717, 1.165) is 28.5 Å². The molecule has 0 aliphatic heterocycles. The lowest BCUT2D eigenvalue weighted by molar-refractivity contribution is 1.04. The van der Waals surface area contributed by atoms with E-state index in [-0.39, 0.29) is 0 Å². The minimum atomic E-state index is 0.864. The maximum Gasteiger partial charge on any atom is 0.203 e. The second-order valence-corrected chi connectivity index (χ2v) is 4.91. The van der Waals surface area contributed by atoms with E-state index >= 15 is 0 Å². The highest BCUT2D eigenvalue weighted by atomic mass is 15.2. The second-order valence-electron chi connectivity index (χ2n) is 4.91. The van der Waals surface area contributed by atoms with E-state index in [9.17, 15) is 0 Å². The van der Waals surface area contributed by atoms with Crippen molar-refractivity contribution < 1.29 is 0 Å². The largest absolute Gasteiger partial charge is 0.349 e. The van der Waals surface area contributed by atoms with Crippen LogP contribution in [0.3, 0.4) is 0 Å². The average Bonchev–Trinajstić information content (AvgIpc) is 2.94. The molecular weight excluding hydrogens is 246 g/mol. The van der Waals surface area contributed by atoms with Crippen LogP contribution in [0.5, 0.6) is 0 Å². The lowest BCUT2D eigenvalue weighted by atomic mass is 10.1. The summed E-state index contributed by atoms with van der Waals surface area (Å²) in [4.78, 5) is 10.1. The Bertz CT molecular complexity index is 628. The second kappa shape index (κ2) is 5.21. The van der Waals surface area contributed by atoms with Gasteiger partial charge in [-0.2, -0.15) is 0 Å². The lowest BCUT2D eigenvalue weighted by Crippen LogP contribution is -2.10. The van der Waals surface area contributed by atoms with Gasteiger partial charge in [-0.1, -0.05) is 60.7 Å². The molecule has 1 N–H and O–H groups in total. The highest BCUT2D eigenvalue weighted by Gasteiger charge is 2.14. The Morgan fingerprint density at radius 1 is 0.800 bits per heavy atom. The number of aromatic nitrogens is 2. The third-order valence-corrected chi connectivity index (χ3v) is 3.22. The van der Waals surface area contributed by atoms with E-state index in [0.29, 0.717) is 0 Å². The Kier molecular flexibility index (Phi) is 3.25. The maximum absolute atomic E-state index is 4.73. The normalized spacial score (nSPS) is 10.5. The van der Waals surface area contributed by atoms with Crippen molar-refractivity contribution in [3.8, 4) is 22.5 Å². The van der Waals surface area contributed by atoms with Crippen LogP contribution < -0.4 is 4.90 Å². The minimum absolute atomic E-state index is 0.864. The van der Waals surface area contributed by atoms with Crippen LogP contribution >= 0.6 is 0 Å². The van der Waals surface area contributed by atoms with E-state index in [1.54, 1.807) is 0 Å². The first-order valence-corrected chi connectivity index (χ1v) is 6.64. The number of hydrogen-bond acceptors (Lipinski definition) is 2. The first kappa shape index (κ1) is 12.5. The van der Waals surface area contributed by atoms with Crippen LogP contribution in [0.1, 0.15) is 0 Å². The van der Waals surface area contributed by atoms with Gasteiger partial charge in [0.25, 0.3) is 0 Å². The molecule has 0 saturated heterocycles. The Labute approximate surface area is 118 Å². The topological polar surface area (TPSA) is 31.9 Å². The molecule has 0 radical (unpaired) electrons. The van der Waals surface area contributed by atoms with Gasteiger partial charge in [0.15, 0.2) is 0 Å². The van der Waals surface area contributed by atoms with Gasteiger partial charge in [-0.25, -0.2) is 4.98 Å². The van der Waals surface area contributed by atoms with Gasteiger partial charge in [0, 0.05) is 25.2 Å². The summed E-state index contributed by atoms with van der Waals surface area (Å²) in [6, 6.07) is 20.6. The van der Waals surface area contributed by atoms with Gasteiger partial charge in [-0.15, -0.1) is 0 Å². The van der Waals surface area contributed by atoms with Crippen LogP contribution in [0.4, 0.5) is 5.95 Å². The Morgan fingerprint density at radius 3 is 1.90 bits per heavy atom. The van der Waals surface area contributed by atoms with E-state index in [2.05, 4.69) is 29.2 Å². The van der Waals surface area contributed by atoms with Gasteiger partial charge in [0.2, 0.25) is 5.95 Å². The first-order valence-electron chi connectivity index (χ1n) is 6.64. The van der Waals surface area contributed by atoms with Crippen LogP contribution in [0.15, 0.2) is 60.7 Å². The Balaban J connectivity index is 2.18. The zero-order valence-corrected chi connectivity index (χ0v) is 11.7. The third-order valence-electron chi connectivity index (χ3n) is 3.22. The molecule has 0 fully saturated rings. The van der Waals surface area contributed by atoms with Crippen LogP contribution in [0.25, 0.3) is 22.5 Å². The summed E-state index contributed by atoms with van der Waals surface area (Å²) < 4.78 is 0. The zero-order valence-electron chi connectivity index (χ0n) is 11.7. The molecule has 1 aromatic heterocycles. The maximum atomic E-state index is 4.73. The predicted octanol–water partition coefficient (Wildman–Crippen LogP) is 3.81. The van der Waals surface area contributed by atoms with Gasteiger partial charge < -0.3 is 9.88 Å². The van der Waals surface area contributed by atoms with E-state index in [4.69, 9.17) is 4.98 Å². The summed E-state index contributed by atoms with van der Waals surface area (Å²) in [5.41, 5.74) is 4.31. The number of rotatable bonds is 3. The van der Waals surface area contributed by atoms with Crippen molar-refractivity contribution in [2.45, 2.75) is 0 Å². The molecule has 0 atom stereocenters. The highest BCUT2D eigenvalue weighted by Crippen LogP contribution is 2.31. The minimum Gasteiger partial charge on any atom is -0.349 e. The van der Waals surface area contributed by atoms with Crippen LogP contribution in [-0.4, -0.2) is 24.1 Å². The number of H-pyrrole nitrogens is 1. The van der Waals surface area contributed by atoms with E-state index in [1.807, 2.05) is 55.4 Å². The fraction of sp³-hybridized carbons (Fsp3) is 0.118. The molecule has 20 heavy (non-hydrogen) atoms. The molecule has 0 amide bonds. The summed E-state index contributed by atoms with van der Waals surface area (Å²) in [5, 5.41) is 0. The van der Waals surface area contributed by atoms with Crippen molar-refractivity contribution >= 4 is 5.95 Å². The molecule has 0 spiro atoms. The van der Waals surface area contributed by atoms with Gasteiger partial charge in [0.05, 0.1) is 11.4 Å². The molecule has 3 nitrogen and oxygen atoms in total. The summed E-state index contributed by atoms with van der Waals surface area (Å²) in [5.74, 6) is 0.864. The molecule has 100 valence electrons. The van der Waals surface area contributed by atoms with Crippen molar-refractivity contribution in [2.75, 3.05) is 19.0 Å². The zero-order chi connectivity index (χ0) is 13.9. The Morgan fingerprint density at radius 2 is 1.35 bits per heavy atom. The number of nitrogens with zero attached hydrogens (tertiary/aromatic N) is 2. The molecule has 0 saturated carbocycles. The molecule has 3 rings (SSSR count). The van der Waals surface area contributed by atoms with Gasteiger partial charge in [-0.3, -0.25) is 0 Å². The van der Waals surface area contributed by atoms with Gasteiger partial charge in [-0.05, 0) is 0 Å². The Hall–Kier alpha value is -2.55. The molecular formula is C17H17N3. The SMILES string of the molecule is CN(C)c1nc(-c2ccccc2)c(-c2ccccc2)[nH]1. The average molecular weight is 263 g/mol. The van der Waals surface area contributed by atoms with Crippen molar-refractivity contribution in [1.29, 1.82) is 0 Å². The summed E-state index contributed by atoms with van der Waals surface area (Å²) >= 11 is 0. The molecule has 0 bridgehead atoms. The summed E-state index contributed by atoms with van der Waals surface area (Å²) in [6.45, 7) is 0. The van der Waals surface area contributed by atoms with Crippen molar-refractivity contribution in [1.82, 2.24) is 9.97 Å². The quantitative estimate of drug-likeness (QED) is 0.779. The van der Waals surface area contributed by atoms with Crippen LogP contribution in [-0.2, 0) is 0 Å². The third kappa shape index (κ3) is 2.30. The van der Waals surface area contributed by atoms with Crippen molar-refractivity contribution in [3.63, 3.8) is 0 Å². The molecule has 3 heteroatoms. The summed E-state index contributed by atoms with van der Waals surface area (Å²) in [7, 11) is 3.98. The van der Waals surface area contributed by atoms with Crippen LogP contribution in [0.2, 0.25) is 0 Å². The van der Waals surface area contributed by atoms with Crippen molar-refractivity contribution in [3.05, 3.63) is 60.7 Å². The number of imidazole rings is 1. The number of anilines is 1. The highest BCUT2D eigenvalue weighted by molar-refractivity contribution is 5.79. The fourth-order valence-electron chi connectivity index (χ4n) is 2.19. The van der Waals surface area contributed by atoms with Crippen LogP contribution in [0, 0.1) is 0 Å². The monoisotopic (exact) mass is 263 g/mol. The van der Waals surface area contributed by atoms with E-state index in [1.165, 1.54) is 0 Å². The molecule has 0 unspecified atom stereocenters. The lowest BCUT2D eigenvalue weighted by Gasteiger charge is -2.06.